The van der Waals surface area contributed by atoms with Gasteiger partial charge in [0.15, 0.2) is 29.6 Å². The van der Waals surface area contributed by atoms with Crippen LogP contribution in [0.4, 0.5) is 22.0 Å². The van der Waals surface area contributed by atoms with Gasteiger partial charge in [0.1, 0.15) is 5.56 Å². The van der Waals surface area contributed by atoms with E-state index in [9.17, 15) is 31.9 Å². The van der Waals surface area contributed by atoms with E-state index in [0.717, 1.165) is 34.4 Å². The van der Waals surface area contributed by atoms with Crippen molar-refractivity contribution in [3.8, 4) is 11.1 Å². The van der Waals surface area contributed by atoms with Crippen molar-refractivity contribution in [2.75, 3.05) is 13.6 Å². The summed E-state index contributed by atoms with van der Waals surface area (Å²) < 4.78 is 82.2. The van der Waals surface area contributed by atoms with Crippen molar-refractivity contribution in [2.24, 2.45) is 5.92 Å². The van der Waals surface area contributed by atoms with Crippen LogP contribution >= 0.6 is 0 Å². The van der Waals surface area contributed by atoms with Crippen LogP contribution in [0.5, 0.6) is 0 Å². The van der Waals surface area contributed by atoms with Gasteiger partial charge >= 0.3 is 0 Å². The van der Waals surface area contributed by atoms with E-state index in [1.165, 1.54) is 5.56 Å². The molecule has 0 spiro atoms. The summed E-state index contributed by atoms with van der Waals surface area (Å²) in [5.41, 5.74) is 4.35. The Morgan fingerprint density at radius 2 is 1.33 bits per heavy atom. The molecular formula is C41H37F5N2O4. The first kappa shape index (κ1) is 36.8. The molecule has 270 valence electrons. The number of carbonyl (C=O) groups excluding carboxylic acids is 1. The van der Waals surface area contributed by atoms with E-state index in [2.05, 4.69) is 36.3 Å². The van der Waals surface area contributed by atoms with Crippen LogP contribution in [0.3, 0.4) is 0 Å². The Kier molecular flexibility index (Phi) is 11.5. The molecule has 6 nitrogen and oxygen atoms in total. The second-order valence-electron chi connectivity index (χ2n) is 13.0. The lowest BCUT2D eigenvalue weighted by atomic mass is 9.90. The zero-order valence-electron chi connectivity index (χ0n) is 28.5. The van der Waals surface area contributed by atoms with Crippen LogP contribution in [0.1, 0.15) is 57.5 Å². The fourth-order valence-electron chi connectivity index (χ4n) is 6.36. The van der Waals surface area contributed by atoms with Gasteiger partial charge in [-0.05, 0) is 46.5 Å². The maximum atomic E-state index is 14.1. The first-order chi connectivity index (χ1) is 25.0. The molecule has 52 heavy (non-hydrogen) atoms. The molecule has 1 heterocycles. The molecule has 0 radical (unpaired) electrons. The number of aliphatic hydroxyl groups is 1. The summed E-state index contributed by atoms with van der Waals surface area (Å²) in [6.45, 7) is 3.25. The summed E-state index contributed by atoms with van der Waals surface area (Å²) in [4.78, 5) is 14.7. The zero-order chi connectivity index (χ0) is 36.9. The van der Waals surface area contributed by atoms with Crippen molar-refractivity contribution in [3.05, 3.63) is 166 Å². The van der Waals surface area contributed by atoms with Crippen LogP contribution in [0.15, 0.2) is 103 Å². The molecule has 0 unspecified atom stereocenters. The van der Waals surface area contributed by atoms with Crippen molar-refractivity contribution in [2.45, 2.75) is 45.1 Å². The first-order valence-corrected chi connectivity index (χ1v) is 16.8. The molecule has 1 aliphatic heterocycles. The van der Waals surface area contributed by atoms with E-state index >= 15 is 0 Å². The Morgan fingerprint density at radius 1 is 0.712 bits per heavy atom. The van der Waals surface area contributed by atoms with Gasteiger partial charge in [-0.15, -0.1) is 0 Å². The number of benzene rings is 5. The van der Waals surface area contributed by atoms with Crippen LogP contribution in [0, 0.1) is 35.0 Å². The average Bonchev–Trinajstić information content (AvgIpc) is 3.17. The number of rotatable bonds is 11. The lowest BCUT2D eigenvalue weighted by molar-refractivity contribution is -0.276. The van der Waals surface area contributed by atoms with E-state index in [1.807, 2.05) is 72.8 Å². The third-order valence-electron chi connectivity index (χ3n) is 9.24. The Labute approximate surface area is 298 Å². The standard InChI is InChI=1S/C41H37F5N2O4/c1-24-32(22-48(2)21-25-7-4-3-5-8-25)51-41(52-39(24)29-13-11-26(23-49)12-14-29)30-17-15-28(16-18-30)31-10-6-9-27(19-31)20-47-40(50)33-34(42)36(44)38(46)37(45)35(33)43/h3-19,24,32,39,41,49H,20-23H2,1-2H3,(H,47,50)/t24-,32+,39+,41+/m0/s1. The lowest BCUT2D eigenvalue weighted by Gasteiger charge is -2.42. The van der Waals surface area contributed by atoms with Crippen LogP contribution < -0.4 is 5.32 Å². The summed E-state index contributed by atoms with van der Waals surface area (Å²) >= 11 is 0. The van der Waals surface area contributed by atoms with Gasteiger partial charge in [0.25, 0.3) is 5.91 Å². The molecule has 1 saturated heterocycles. The Bertz CT molecular complexity index is 1980. The van der Waals surface area contributed by atoms with Gasteiger partial charge in [-0.2, -0.15) is 0 Å². The average molecular weight is 717 g/mol. The molecule has 0 aliphatic carbocycles. The highest BCUT2D eigenvalue weighted by molar-refractivity contribution is 5.94. The molecular weight excluding hydrogens is 679 g/mol. The normalized spacial score (nSPS) is 18.8. The van der Waals surface area contributed by atoms with Gasteiger partial charge in [-0.25, -0.2) is 22.0 Å². The number of hydrogen-bond acceptors (Lipinski definition) is 5. The summed E-state index contributed by atoms with van der Waals surface area (Å²) in [5.74, 6) is -12.5. The predicted octanol–water partition coefficient (Wildman–Crippen LogP) is 8.39. The highest BCUT2D eigenvalue weighted by Crippen LogP contribution is 2.42. The van der Waals surface area contributed by atoms with Crippen LogP contribution in [-0.4, -0.2) is 35.6 Å². The van der Waals surface area contributed by atoms with Crippen molar-refractivity contribution in [1.29, 1.82) is 0 Å². The first-order valence-electron chi connectivity index (χ1n) is 16.8. The number of halogens is 5. The number of ether oxygens (including phenoxy) is 2. The van der Waals surface area contributed by atoms with Gasteiger partial charge in [-0.3, -0.25) is 9.69 Å². The quantitative estimate of drug-likeness (QED) is 0.0817. The highest BCUT2D eigenvalue weighted by Gasteiger charge is 2.39. The van der Waals surface area contributed by atoms with E-state index in [0.29, 0.717) is 12.1 Å². The fourth-order valence-corrected chi connectivity index (χ4v) is 6.36. The summed E-state index contributed by atoms with van der Waals surface area (Å²) in [6.07, 6.45) is -1.13. The minimum atomic E-state index is -2.33. The third kappa shape index (κ3) is 8.08. The summed E-state index contributed by atoms with van der Waals surface area (Å²) in [6, 6.07) is 32.5. The lowest BCUT2D eigenvalue weighted by Crippen LogP contribution is -2.43. The molecule has 0 saturated carbocycles. The molecule has 6 rings (SSSR count). The van der Waals surface area contributed by atoms with E-state index in [-0.39, 0.29) is 31.3 Å². The second kappa shape index (κ2) is 16.2. The van der Waals surface area contributed by atoms with Crippen LogP contribution in [-0.2, 0) is 29.2 Å². The zero-order valence-corrected chi connectivity index (χ0v) is 28.5. The number of likely N-dealkylation sites (N-methyl/N-ethyl adjacent to an activating group) is 1. The molecule has 0 bridgehead atoms. The monoisotopic (exact) mass is 716 g/mol. The summed E-state index contributed by atoms with van der Waals surface area (Å²) in [7, 11) is 2.06. The molecule has 11 heteroatoms. The molecule has 5 aromatic rings. The molecule has 5 aromatic carbocycles. The largest absolute Gasteiger partial charge is 0.392 e. The number of nitrogens with zero attached hydrogens (tertiary/aromatic N) is 1. The van der Waals surface area contributed by atoms with Crippen molar-refractivity contribution < 1.29 is 41.3 Å². The molecule has 1 fully saturated rings. The van der Waals surface area contributed by atoms with Gasteiger partial charge in [-0.1, -0.05) is 104 Å². The molecule has 1 aliphatic rings. The van der Waals surface area contributed by atoms with Gasteiger partial charge in [0.05, 0.1) is 18.8 Å². The topological polar surface area (TPSA) is 71.0 Å². The van der Waals surface area contributed by atoms with Crippen molar-refractivity contribution in [1.82, 2.24) is 10.2 Å². The van der Waals surface area contributed by atoms with E-state index in [4.69, 9.17) is 9.47 Å². The van der Waals surface area contributed by atoms with Crippen molar-refractivity contribution >= 4 is 5.91 Å². The fraction of sp³-hybridized carbons (Fsp3) is 0.244. The van der Waals surface area contributed by atoms with E-state index < -0.39 is 46.8 Å². The Hall–Kier alpha value is -4.94. The molecule has 1 amide bonds. The number of hydrogen-bond donors (Lipinski definition) is 2. The minimum absolute atomic E-state index is 0.00560. The molecule has 4 atom stereocenters. The van der Waals surface area contributed by atoms with E-state index in [1.54, 1.807) is 18.2 Å². The Balaban J connectivity index is 1.18. The van der Waals surface area contributed by atoms with Gasteiger partial charge < -0.3 is 19.9 Å². The van der Waals surface area contributed by atoms with Crippen LogP contribution in [0.25, 0.3) is 11.1 Å². The number of nitrogens with one attached hydrogen (secondary N) is 1. The SMILES string of the molecule is C[C@H]1[C@@H](CN(C)Cc2ccccc2)O[C@@H](c2ccc(-c3cccc(CNC(=O)c4c(F)c(F)c(F)c(F)c4F)c3)cc2)O[C@H]1c1ccc(CO)cc1. The Morgan fingerprint density at radius 3 is 1.98 bits per heavy atom. The van der Waals surface area contributed by atoms with Crippen molar-refractivity contribution in [3.63, 3.8) is 0 Å². The van der Waals surface area contributed by atoms with Crippen LogP contribution in [0.2, 0.25) is 0 Å². The number of carbonyl (C=O) groups is 1. The maximum Gasteiger partial charge on any atom is 0.257 e. The molecule has 2 N–H and O–H groups in total. The van der Waals surface area contributed by atoms with Gasteiger partial charge in [0.2, 0.25) is 5.82 Å². The minimum Gasteiger partial charge on any atom is -0.392 e. The van der Waals surface area contributed by atoms with Gasteiger partial charge in [0, 0.05) is 31.1 Å². The summed E-state index contributed by atoms with van der Waals surface area (Å²) in [5, 5.41) is 11.8. The smallest absolute Gasteiger partial charge is 0.257 e. The molecule has 0 aromatic heterocycles. The predicted molar refractivity (Wildman–Crippen MR) is 185 cm³/mol. The third-order valence-corrected chi connectivity index (χ3v) is 9.24. The number of amides is 1. The highest BCUT2D eigenvalue weighted by atomic mass is 19.2. The second-order valence-corrected chi connectivity index (χ2v) is 13.0. The maximum absolute atomic E-state index is 14.1. The number of aliphatic hydroxyl groups excluding tert-OH is 1.